The van der Waals surface area contributed by atoms with Gasteiger partial charge in [-0.05, 0) is 19.1 Å². The van der Waals surface area contributed by atoms with Gasteiger partial charge in [0, 0.05) is 22.6 Å². The standard InChI is InChI=1S/C12H15BrFNO4S/c1-8-7-19-3-2-15(8)20(17,18)11-5-10(13)4-9(6-16)12(11)14/h4-5,8,16H,2-3,6-7H2,1H3. The van der Waals surface area contributed by atoms with E-state index in [0.29, 0.717) is 4.47 Å². The molecule has 0 bridgehead atoms. The van der Waals surface area contributed by atoms with E-state index >= 15 is 0 Å². The van der Waals surface area contributed by atoms with Crippen LogP contribution in [0.25, 0.3) is 0 Å². The Kier molecular flexibility index (Phi) is 4.80. The smallest absolute Gasteiger partial charge is 0.246 e. The van der Waals surface area contributed by atoms with Crippen molar-refractivity contribution in [2.45, 2.75) is 24.5 Å². The Labute approximate surface area is 125 Å². The fourth-order valence-corrected chi connectivity index (χ4v) is 4.51. The van der Waals surface area contributed by atoms with Gasteiger partial charge in [-0.15, -0.1) is 0 Å². The molecule has 1 aliphatic rings. The summed E-state index contributed by atoms with van der Waals surface area (Å²) in [5.41, 5.74) is -0.0566. The molecule has 0 aliphatic carbocycles. The van der Waals surface area contributed by atoms with Gasteiger partial charge in [0.15, 0.2) is 0 Å². The van der Waals surface area contributed by atoms with Crippen LogP contribution < -0.4 is 0 Å². The van der Waals surface area contributed by atoms with E-state index in [2.05, 4.69) is 15.9 Å². The maximum absolute atomic E-state index is 14.2. The minimum atomic E-state index is -3.96. The number of halogens is 2. The highest BCUT2D eigenvalue weighted by Crippen LogP contribution is 2.28. The van der Waals surface area contributed by atoms with Gasteiger partial charge in [-0.25, -0.2) is 12.8 Å². The molecule has 1 unspecified atom stereocenters. The minimum Gasteiger partial charge on any atom is -0.392 e. The van der Waals surface area contributed by atoms with Gasteiger partial charge in [0.25, 0.3) is 0 Å². The Bertz CT molecular complexity index is 608. The molecule has 1 heterocycles. The lowest BCUT2D eigenvalue weighted by molar-refractivity contribution is 0.0391. The molecule has 8 heteroatoms. The second-order valence-corrected chi connectivity index (χ2v) is 7.35. The van der Waals surface area contributed by atoms with Crippen molar-refractivity contribution in [3.05, 3.63) is 28.0 Å². The van der Waals surface area contributed by atoms with E-state index in [0.717, 1.165) is 0 Å². The summed E-state index contributed by atoms with van der Waals surface area (Å²) in [6.07, 6.45) is 0. The molecule has 0 amide bonds. The highest BCUT2D eigenvalue weighted by molar-refractivity contribution is 9.10. The molecule has 1 aromatic rings. The summed E-state index contributed by atoms with van der Waals surface area (Å²) in [5.74, 6) is -0.908. The Morgan fingerprint density at radius 2 is 2.25 bits per heavy atom. The quantitative estimate of drug-likeness (QED) is 0.878. The zero-order valence-corrected chi connectivity index (χ0v) is 13.2. The first-order chi connectivity index (χ1) is 9.37. The lowest BCUT2D eigenvalue weighted by Gasteiger charge is -2.32. The number of ether oxygens (including phenoxy) is 1. The zero-order chi connectivity index (χ0) is 14.9. The third-order valence-corrected chi connectivity index (χ3v) is 5.61. The van der Waals surface area contributed by atoms with Gasteiger partial charge < -0.3 is 9.84 Å². The van der Waals surface area contributed by atoms with Crippen LogP contribution in [0.2, 0.25) is 0 Å². The van der Waals surface area contributed by atoms with Crippen molar-refractivity contribution in [1.29, 1.82) is 0 Å². The van der Waals surface area contributed by atoms with Crippen LogP contribution in [0, 0.1) is 5.82 Å². The minimum absolute atomic E-state index is 0.0566. The van der Waals surface area contributed by atoms with Gasteiger partial charge >= 0.3 is 0 Å². The van der Waals surface area contributed by atoms with Gasteiger partial charge in [-0.2, -0.15) is 4.31 Å². The Morgan fingerprint density at radius 3 is 2.85 bits per heavy atom. The number of aliphatic hydroxyl groups is 1. The molecule has 0 saturated carbocycles. The predicted molar refractivity (Wildman–Crippen MR) is 74.2 cm³/mol. The Morgan fingerprint density at radius 1 is 1.55 bits per heavy atom. The first kappa shape index (κ1) is 15.8. The number of hydrogen-bond acceptors (Lipinski definition) is 4. The number of sulfonamides is 1. The number of nitrogens with zero attached hydrogens (tertiary/aromatic N) is 1. The highest BCUT2D eigenvalue weighted by Gasteiger charge is 2.34. The van der Waals surface area contributed by atoms with E-state index in [1.165, 1.54) is 16.4 Å². The number of benzene rings is 1. The van der Waals surface area contributed by atoms with Gasteiger partial charge in [0.2, 0.25) is 10.0 Å². The molecular formula is C12H15BrFNO4S. The molecule has 0 radical (unpaired) electrons. The van der Waals surface area contributed by atoms with Crippen LogP contribution in [-0.2, 0) is 21.4 Å². The second kappa shape index (κ2) is 6.07. The molecule has 2 rings (SSSR count). The van der Waals surface area contributed by atoms with Crippen LogP contribution in [0.5, 0.6) is 0 Å². The van der Waals surface area contributed by atoms with Crippen LogP contribution in [0.4, 0.5) is 4.39 Å². The third-order valence-electron chi connectivity index (χ3n) is 3.14. The van der Waals surface area contributed by atoms with E-state index in [1.807, 2.05) is 0 Å². The molecule has 20 heavy (non-hydrogen) atoms. The molecule has 1 N–H and O–H groups in total. The highest BCUT2D eigenvalue weighted by atomic mass is 79.9. The van der Waals surface area contributed by atoms with Crippen LogP contribution in [0.1, 0.15) is 12.5 Å². The summed E-state index contributed by atoms with van der Waals surface area (Å²) in [4.78, 5) is -0.426. The van der Waals surface area contributed by atoms with Crippen molar-refractivity contribution in [2.24, 2.45) is 0 Å². The fourth-order valence-electron chi connectivity index (χ4n) is 2.12. The molecule has 0 spiro atoms. The average Bonchev–Trinajstić information content (AvgIpc) is 2.41. The first-order valence-electron chi connectivity index (χ1n) is 6.06. The topological polar surface area (TPSA) is 66.8 Å². The van der Waals surface area contributed by atoms with Gasteiger partial charge in [-0.3, -0.25) is 0 Å². The van der Waals surface area contributed by atoms with Gasteiger partial charge in [-0.1, -0.05) is 15.9 Å². The molecule has 0 aromatic heterocycles. The molecule has 1 saturated heterocycles. The summed E-state index contributed by atoms with van der Waals surface area (Å²) in [5, 5.41) is 9.11. The van der Waals surface area contributed by atoms with Crippen LogP contribution in [0.3, 0.4) is 0 Å². The summed E-state index contributed by atoms with van der Waals surface area (Å²) in [6, 6.07) is 2.22. The molecule has 5 nitrogen and oxygen atoms in total. The summed E-state index contributed by atoms with van der Waals surface area (Å²) in [6.45, 7) is 1.89. The lowest BCUT2D eigenvalue weighted by Crippen LogP contribution is -2.47. The molecule has 1 atom stereocenters. The third kappa shape index (κ3) is 2.89. The average molecular weight is 368 g/mol. The normalized spacial score (nSPS) is 21.1. The second-order valence-electron chi connectivity index (χ2n) is 4.57. The maximum Gasteiger partial charge on any atom is 0.246 e. The lowest BCUT2D eigenvalue weighted by atomic mass is 10.2. The Hall–Kier alpha value is -0.540. The van der Waals surface area contributed by atoms with Crippen molar-refractivity contribution in [2.75, 3.05) is 19.8 Å². The predicted octanol–water partition coefficient (Wildman–Crippen LogP) is 1.49. The summed E-state index contributed by atoms with van der Waals surface area (Å²) >= 11 is 3.13. The number of hydrogen-bond donors (Lipinski definition) is 1. The first-order valence-corrected chi connectivity index (χ1v) is 8.29. The number of rotatable bonds is 3. The molecule has 112 valence electrons. The van der Waals surface area contributed by atoms with E-state index < -0.39 is 27.3 Å². The monoisotopic (exact) mass is 367 g/mol. The SMILES string of the molecule is CC1COCCN1S(=O)(=O)c1cc(Br)cc(CO)c1F. The van der Waals surface area contributed by atoms with Crippen molar-refractivity contribution in [3.63, 3.8) is 0 Å². The van der Waals surface area contributed by atoms with Crippen molar-refractivity contribution in [1.82, 2.24) is 4.31 Å². The van der Waals surface area contributed by atoms with Crippen LogP contribution >= 0.6 is 15.9 Å². The number of aliphatic hydroxyl groups excluding tert-OH is 1. The van der Waals surface area contributed by atoms with Gasteiger partial charge in [0.05, 0.1) is 19.8 Å². The van der Waals surface area contributed by atoms with E-state index in [-0.39, 0.29) is 31.4 Å². The number of morpholine rings is 1. The van der Waals surface area contributed by atoms with E-state index in [4.69, 9.17) is 9.84 Å². The molecule has 1 fully saturated rings. The fraction of sp³-hybridized carbons (Fsp3) is 0.500. The van der Waals surface area contributed by atoms with Gasteiger partial charge in [0.1, 0.15) is 10.7 Å². The van der Waals surface area contributed by atoms with Crippen molar-refractivity contribution >= 4 is 26.0 Å². The largest absolute Gasteiger partial charge is 0.392 e. The summed E-state index contributed by atoms with van der Waals surface area (Å²) in [7, 11) is -3.96. The van der Waals surface area contributed by atoms with Crippen LogP contribution in [0.15, 0.2) is 21.5 Å². The summed E-state index contributed by atoms with van der Waals surface area (Å²) < 4.78 is 46.2. The van der Waals surface area contributed by atoms with E-state index in [1.54, 1.807) is 6.92 Å². The molecular weight excluding hydrogens is 353 g/mol. The van der Waals surface area contributed by atoms with Crippen LogP contribution in [-0.4, -0.2) is 43.6 Å². The maximum atomic E-state index is 14.2. The molecule has 1 aromatic carbocycles. The van der Waals surface area contributed by atoms with E-state index in [9.17, 15) is 12.8 Å². The zero-order valence-electron chi connectivity index (χ0n) is 10.8. The molecule has 1 aliphatic heterocycles. The Balaban J connectivity index is 2.51. The van der Waals surface area contributed by atoms with Crippen molar-refractivity contribution in [3.8, 4) is 0 Å². The van der Waals surface area contributed by atoms with Crippen molar-refractivity contribution < 1.29 is 22.7 Å².